The molecule has 2 heterocycles. The zero-order valence-electron chi connectivity index (χ0n) is 14.5. The van der Waals surface area contributed by atoms with Crippen LogP contribution in [0.4, 0.5) is 0 Å². The molecule has 26 heavy (non-hydrogen) atoms. The monoisotopic (exact) mass is 394 g/mol. The van der Waals surface area contributed by atoms with Gasteiger partial charge in [-0.1, -0.05) is 16.9 Å². The van der Waals surface area contributed by atoms with Crippen LogP contribution < -0.4 is 9.46 Å². The third-order valence-corrected chi connectivity index (χ3v) is 6.01. The predicted molar refractivity (Wildman–Crippen MR) is 97.5 cm³/mol. The Kier molecular flexibility index (Phi) is 5.35. The van der Waals surface area contributed by atoms with E-state index in [0.717, 1.165) is 10.9 Å². The number of imidazole rings is 1. The number of hydrogen-bond donors (Lipinski definition) is 1. The van der Waals surface area contributed by atoms with Crippen molar-refractivity contribution in [1.82, 2.24) is 19.4 Å². The van der Waals surface area contributed by atoms with E-state index in [1.54, 1.807) is 24.4 Å². The average Bonchev–Trinajstić information content (AvgIpc) is 3.29. The lowest BCUT2D eigenvalue weighted by Gasteiger charge is -2.12. The van der Waals surface area contributed by atoms with Crippen LogP contribution in [0.1, 0.15) is 5.69 Å². The molecule has 0 saturated carbocycles. The molecule has 3 aromatic rings. The Morgan fingerprint density at radius 2 is 2.15 bits per heavy atom. The highest BCUT2D eigenvalue weighted by Gasteiger charge is 2.21. The Hall–Kier alpha value is -2.30. The Morgan fingerprint density at radius 3 is 2.77 bits per heavy atom. The van der Waals surface area contributed by atoms with Crippen molar-refractivity contribution in [3.05, 3.63) is 42.4 Å². The number of rotatable bonds is 7. The molecule has 0 fully saturated rings. The highest BCUT2D eigenvalue weighted by molar-refractivity contribution is 7.98. The summed E-state index contributed by atoms with van der Waals surface area (Å²) in [7, 11) is -0.548. The van der Waals surface area contributed by atoms with E-state index in [-0.39, 0.29) is 17.2 Å². The van der Waals surface area contributed by atoms with Gasteiger partial charge in [0.15, 0.2) is 10.9 Å². The smallest absolute Gasteiger partial charge is 0.244 e. The van der Waals surface area contributed by atoms with Crippen molar-refractivity contribution >= 4 is 21.8 Å². The van der Waals surface area contributed by atoms with Gasteiger partial charge in [0.2, 0.25) is 10.0 Å². The second kappa shape index (κ2) is 7.52. The molecule has 0 amide bonds. The lowest BCUT2D eigenvalue weighted by Crippen LogP contribution is -2.25. The second-order valence-electron chi connectivity index (χ2n) is 5.36. The number of methoxy groups -OCH3 is 1. The minimum atomic E-state index is -3.81. The van der Waals surface area contributed by atoms with E-state index in [0.29, 0.717) is 11.3 Å². The van der Waals surface area contributed by atoms with Gasteiger partial charge < -0.3 is 13.8 Å². The molecular formula is C16H18N4O4S2. The Balaban J connectivity index is 1.90. The first-order valence-corrected chi connectivity index (χ1v) is 10.3. The highest BCUT2D eigenvalue weighted by Crippen LogP contribution is 2.30. The van der Waals surface area contributed by atoms with Crippen LogP contribution in [0.2, 0.25) is 0 Å². The summed E-state index contributed by atoms with van der Waals surface area (Å²) in [6.45, 7) is 0.113. The molecule has 3 rings (SSSR count). The van der Waals surface area contributed by atoms with E-state index in [9.17, 15) is 8.42 Å². The molecule has 0 radical (unpaired) electrons. The molecule has 2 aromatic heterocycles. The van der Waals surface area contributed by atoms with Crippen molar-refractivity contribution in [3.8, 4) is 17.1 Å². The molecule has 1 aromatic carbocycles. The van der Waals surface area contributed by atoms with E-state index in [1.165, 1.54) is 31.1 Å². The summed E-state index contributed by atoms with van der Waals surface area (Å²) in [4.78, 5) is 4.27. The van der Waals surface area contributed by atoms with Crippen LogP contribution in [0, 0.1) is 0 Å². The summed E-state index contributed by atoms with van der Waals surface area (Å²) >= 11 is 1.49. The van der Waals surface area contributed by atoms with E-state index in [4.69, 9.17) is 9.26 Å². The zero-order valence-corrected chi connectivity index (χ0v) is 16.1. The number of sulfonamides is 1. The van der Waals surface area contributed by atoms with Crippen LogP contribution >= 0.6 is 11.8 Å². The highest BCUT2D eigenvalue weighted by atomic mass is 32.2. The van der Waals surface area contributed by atoms with Crippen LogP contribution in [0.5, 0.6) is 5.75 Å². The third kappa shape index (κ3) is 3.62. The maximum atomic E-state index is 12.8. The van der Waals surface area contributed by atoms with Crippen molar-refractivity contribution in [2.45, 2.75) is 16.6 Å². The van der Waals surface area contributed by atoms with Crippen LogP contribution in [-0.2, 0) is 23.6 Å². The Morgan fingerprint density at radius 1 is 1.35 bits per heavy atom. The molecule has 0 spiro atoms. The summed E-state index contributed by atoms with van der Waals surface area (Å²) in [5.74, 6) is 0.718. The molecule has 0 aliphatic carbocycles. The van der Waals surface area contributed by atoms with Crippen molar-refractivity contribution < 1.29 is 17.7 Å². The summed E-state index contributed by atoms with van der Waals surface area (Å²) in [5.41, 5.74) is 1.34. The minimum Gasteiger partial charge on any atom is -0.495 e. The first-order chi connectivity index (χ1) is 12.5. The summed E-state index contributed by atoms with van der Waals surface area (Å²) < 4.78 is 40.4. The minimum absolute atomic E-state index is 0.0289. The molecule has 8 nitrogen and oxygen atoms in total. The maximum Gasteiger partial charge on any atom is 0.244 e. The number of hydrogen-bond acceptors (Lipinski definition) is 7. The fourth-order valence-corrected chi connectivity index (χ4v) is 4.17. The van der Waals surface area contributed by atoms with Crippen LogP contribution in [0.25, 0.3) is 11.3 Å². The van der Waals surface area contributed by atoms with Gasteiger partial charge in [-0.05, 0) is 24.5 Å². The Labute approximate surface area is 155 Å². The van der Waals surface area contributed by atoms with Gasteiger partial charge >= 0.3 is 0 Å². The van der Waals surface area contributed by atoms with E-state index >= 15 is 0 Å². The quantitative estimate of drug-likeness (QED) is 0.614. The van der Waals surface area contributed by atoms with Gasteiger partial charge in [-0.25, -0.2) is 18.1 Å². The van der Waals surface area contributed by atoms with Crippen LogP contribution in [0.3, 0.4) is 0 Å². The Bertz CT molecular complexity index is 997. The number of nitrogens with zero attached hydrogens (tertiary/aromatic N) is 3. The first-order valence-electron chi connectivity index (χ1n) is 7.59. The lowest BCUT2D eigenvalue weighted by atomic mass is 10.2. The number of aromatic nitrogens is 3. The van der Waals surface area contributed by atoms with Gasteiger partial charge in [0.25, 0.3) is 0 Å². The number of thioether (sulfide) groups is 1. The average molecular weight is 394 g/mol. The third-order valence-electron chi connectivity index (χ3n) is 3.84. The molecule has 0 saturated heterocycles. The summed E-state index contributed by atoms with van der Waals surface area (Å²) in [6.07, 6.45) is 5.06. The van der Waals surface area contributed by atoms with E-state index in [1.807, 2.05) is 17.9 Å². The normalized spacial score (nSPS) is 11.7. The lowest BCUT2D eigenvalue weighted by molar-refractivity contribution is 0.402. The van der Waals surface area contributed by atoms with Crippen molar-refractivity contribution in [1.29, 1.82) is 0 Å². The van der Waals surface area contributed by atoms with E-state index < -0.39 is 10.0 Å². The second-order valence-corrected chi connectivity index (χ2v) is 7.87. The molecule has 138 valence electrons. The topological polar surface area (TPSA) is 99.2 Å². The molecule has 1 N–H and O–H groups in total. The van der Waals surface area contributed by atoms with Gasteiger partial charge in [0.05, 0.1) is 31.7 Å². The number of nitrogens with one attached hydrogen (secondary N) is 1. The van der Waals surface area contributed by atoms with Gasteiger partial charge in [-0.15, -0.1) is 0 Å². The number of benzene rings is 1. The molecule has 0 unspecified atom stereocenters. The summed E-state index contributed by atoms with van der Waals surface area (Å²) in [5, 5.41) is 4.46. The van der Waals surface area contributed by atoms with Gasteiger partial charge in [-0.2, -0.15) is 0 Å². The first kappa shape index (κ1) is 18.5. The predicted octanol–water partition coefficient (Wildman–Crippen LogP) is 2.28. The van der Waals surface area contributed by atoms with Crippen LogP contribution in [0.15, 0.2) is 51.2 Å². The summed E-state index contributed by atoms with van der Waals surface area (Å²) in [6, 6.07) is 6.45. The van der Waals surface area contributed by atoms with Crippen LogP contribution in [-0.4, -0.2) is 36.5 Å². The molecule has 0 atom stereocenters. The zero-order chi connectivity index (χ0) is 18.7. The standard InChI is InChI=1S/C16H18N4O4S2/c1-20-12(9-17-16(20)25-3)10-19-26(21,22)15-8-11(4-5-14(15)23-2)13-6-7-18-24-13/h4-9,19H,10H2,1-3H3. The fourth-order valence-electron chi connectivity index (χ4n) is 2.43. The molecule has 0 bridgehead atoms. The van der Waals surface area contributed by atoms with Crippen molar-refractivity contribution in [2.24, 2.45) is 7.05 Å². The molecule has 10 heteroatoms. The maximum absolute atomic E-state index is 12.8. The SMILES string of the molecule is COc1ccc(-c2ccno2)cc1S(=O)(=O)NCc1cnc(SC)n1C. The van der Waals surface area contributed by atoms with Gasteiger partial charge in [0, 0.05) is 18.7 Å². The van der Waals surface area contributed by atoms with Gasteiger partial charge in [0.1, 0.15) is 10.6 Å². The molecule has 0 aliphatic rings. The molecular weight excluding hydrogens is 376 g/mol. The van der Waals surface area contributed by atoms with Gasteiger partial charge in [-0.3, -0.25) is 0 Å². The van der Waals surface area contributed by atoms with Crippen molar-refractivity contribution in [2.75, 3.05) is 13.4 Å². The fraction of sp³-hybridized carbons (Fsp3) is 0.250. The number of ether oxygens (including phenoxy) is 1. The largest absolute Gasteiger partial charge is 0.495 e. The van der Waals surface area contributed by atoms with E-state index in [2.05, 4.69) is 14.9 Å². The van der Waals surface area contributed by atoms with Crippen molar-refractivity contribution in [3.63, 3.8) is 0 Å². The molecule has 0 aliphatic heterocycles.